The third-order valence-electron chi connectivity index (χ3n) is 2.11. The molecule has 0 aromatic carbocycles. The highest BCUT2D eigenvalue weighted by Crippen LogP contribution is 2.12. The maximum atomic E-state index is 3.32. The zero-order valence-electron chi connectivity index (χ0n) is 8.99. The van der Waals surface area contributed by atoms with Gasteiger partial charge in [0, 0.05) is 12.2 Å². The highest BCUT2D eigenvalue weighted by molar-refractivity contribution is 5.30. The zero-order valence-corrected chi connectivity index (χ0v) is 8.99. The first-order chi connectivity index (χ1) is 5.63. The summed E-state index contributed by atoms with van der Waals surface area (Å²) in [6, 6.07) is 0. The van der Waals surface area contributed by atoms with Crippen molar-refractivity contribution in [2.24, 2.45) is 0 Å². The molecule has 12 heavy (non-hydrogen) atoms. The standard InChI is InChI=1S/C11H21N/c1-6-8-9(3)10(4)11(5)12-7-2/h8,12H,6-7H2,1-5H3/b9-8-,11-10+. The van der Waals surface area contributed by atoms with Crippen molar-refractivity contribution in [2.75, 3.05) is 6.54 Å². The maximum Gasteiger partial charge on any atom is 0.0115 e. The molecule has 0 amide bonds. The summed E-state index contributed by atoms with van der Waals surface area (Å²) in [5, 5.41) is 3.32. The summed E-state index contributed by atoms with van der Waals surface area (Å²) in [5.41, 5.74) is 4.05. The van der Waals surface area contributed by atoms with Crippen molar-refractivity contribution in [2.45, 2.75) is 41.0 Å². The quantitative estimate of drug-likeness (QED) is 0.634. The van der Waals surface area contributed by atoms with Crippen molar-refractivity contribution in [1.29, 1.82) is 0 Å². The van der Waals surface area contributed by atoms with Gasteiger partial charge >= 0.3 is 0 Å². The molecular formula is C11H21N. The molecule has 0 aromatic rings. The van der Waals surface area contributed by atoms with E-state index < -0.39 is 0 Å². The van der Waals surface area contributed by atoms with Crippen LogP contribution < -0.4 is 5.32 Å². The Morgan fingerprint density at radius 1 is 1.17 bits per heavy atom. The van der Waals surface area contributed by atoms with Gasteiger partial charge in [-0.05, 0) is 39.7 Å². The predicted octanol–water partition coefficient (Wildman–Crippen LogP) is 3.25. The van der Waals surface area contributed by atoms with Gasteiger partial charge in [-0.1, -0.05) is 18.6 Å². The van der Waals surface area contributed by atoms with E-state index in [1.165, 1.54) is 16.8 Å². The van der Waals surface area contributed by atoms with Gasteiger partial charge in [-0.25, -0.2) is 0 Å². The number of nitrogens with one attached hydrogen (secondary N) is 1. The van der Waals surface area contributed by atoms with Crippen LogP contribution in [0.2, 0.25) is 0 Å². The largest absolute Gasteiger partial charge is 0.389 e. The second-order valence-electron chi connectivity index (χ2n) is 3.08. The lowest BCUT2D eigenvalue weighted by Gasteiger charge is -2.09. The highest BCUT2D eigenvalue weighted by atomic mass is 14.9. The van der Waals surface area contributed by atoms with Crippen LogP contribution in [0.1, 0.15) is 41.0 Å². The van der Waals surface area contributed by atoms with Crippen LogP contribution in [0.4, 0.5) is 0 Å². The first-order valence-corrected chi connectivity index (χ1v) is 4.71. The number of rotatable bonds is 4. The second kappa shape index (κ2) is 5.87. The van der Waals surface area contributed by atoms with Crippen LogP contribution in [0.5, 0.6) is 0 Å². The monoisotopic (exact) mass is 167 g/mol. The molecule has 0 unspecified atom stereocenters. The Morgan fingerprint density at radius 3 is 2.17 bits per heavy atom. The van der Waals surface area contributed by atoms with Gasteiger partial charge in [-0.2, -0.15) is 0 Å². The van der Waals surface area contributed by atoms with Crippen molar-refractivity contribution >= 4 is 0 Å². The van der Waals surface area contributed by atoms with E-state index in [1.54, 1.807) is 0 Å². The van der Waals surface area contributed by atoms with E-state index in [0.29, 0.717) is 0 Å². The van der Waals surface area contributed by atoms with Gasteiger partial charge in [0.2, 0.25) is 0 Å². The van der Waals surface area contributed by atoms with E-state index in [1.807, 2.05) is 0 Å². The first kappa shape index (κ1) is 11.3. The maximum absolute atomic E-state index is 3.32. The smallest absolute Gasteiger partial charge is 0.0115 e. The molecule has 0 aliphatic heterocycles. The second-order valence-corrected chi connectivity index (χ2v) is 3.08. The zero-order chi connectivity index (χ0) is 9.56. The molecule has 0 aromatic heterocycles. The van der Waals surface area contributed by atoms with Gasteiger partial charge in [-0.15, -0.1) is 0 Å². The average Bonchev–Trinajstić information content (AvgIpc) is 2.04. The fourth-order valence-electron chi connectivity index (χ4n) is 1.15. The molecule has 1 heteroatoms. The van der Waals surface area contributed by atoms with Gasteiger partial charge in [0.1, 0.15) is 0 Å². The lowest BCUT2D eigenvalue weighted by Crippen LogP contribution is -2.11. The third kappa shape index (κ3) is 3.61. The van der Waals surface area contributed by atoms with Crippen LogP contribution in [0.25, 0.3) is 0 Å². The van der Waals surface area contributed by atoms with Crippen LogP contribution in [0.3, 0.4) is 0 Å². The summed E-state index contributed by atoms with van der Waals surface area (Å²) >= 11 is 0. The first-order valence-electron chi connectivity index (χ1n) is 4.71. The van der Waals surface area contributed by atoms with E-state index in [9.17, 15) is 0 Å². The van der Waals surface area contributed by atoms with E-state index in [4.69, 9.17) is 0 Å². The van der Waals surface area contributed by atoms with Crippen molar-refractivity contribution in [3.8, 4) is 0 Å². The molecule has 0 aliphatic rings. The summed E-state index contributed by atoms with van der Waals surface area (Å²) in [6.45, 7) is 11.8. The molecule has 0 saturated heterocycles. The summed E-state index contributed by atoms with van der Waals surface area (Å²) < 4.78 is 0. The SMILES string of the molecule is CC/C=C(C)\C(C)=C(/C)NCC. The molecule has 0 atom stereocenters. The molecule has 70 valence electrons. The van der Waals surface area contributed by atoms with Gasteiger partial charge in [0.05, 0.1) is 0 Å². The Labute approximate surface area is 76.6 Å². The minimum atomic E-state index is 1.00. The Bertz CT molecular complexity index is 187. The molecule has 0 rings (SSSR count). The minimum Gasteiger partial charge on any atom is -0.389 e. The Balaban J connectivity index is 4.42. The molecule has 0 heterocycles. The van der Waals surface area contributed by atoms with Crippen molar-refractivity contribution < 1.29 is 0 Å². The molecule has 0 spiro atoms. The molecular weight excluding hydrogens is 146 g/mol. The van der Waals surface area contributed by atoms with E-state index in [-0.39, 0.29) is 0 Å². The Kier molecular flexibility index (Phi) is 5.52. The van der Waals surface area contributed by atoms with Crippen LogP contribution >= 0.6 is 0 Å². The fraction of sp³-hybridized carbons (Fsp3) is 0.636. The topological polar surface area (TPSA) is 12.0 Å². The third-order valence-corrected chi connectivity index (χ3v) is 2.11. The Morgan fingerprint density at radius 2 is 1.75 bits per heavy atom. The molecule has 0 bridgehead atoms. The van der Waals surface area contributed by atoms with Crippen molar-refractivity contribution in [3.05, 3.63) is 22.9 Å². The summed E-state index contributed by atoms with van der Waals surface area (Å²) in [6.07, 6.45) is 3.37. The van der Waals surface area contributed by atoms with Gasteiger partial charge in [0.25, 0.3) is 0 Å². The van der Waals surface area contributed by atoms with Gasteiger partial charge in [-0.3, -0.25) is 0 Å². The van der Waals surface area contributed by atoms with Gasteiger partial charge < -0.3 is 5.32 Å². The Hall–Kier alpha value is -0.720. The van der Waals surface area contributed by atoms with E-state index in [2.05, 4.69) is 46.0 Å². The van der Waals surface area contributed by atoms with Crippen LogP contribution in [-0.2, 0) is 0 Å². The lowest BCUT2D eigenvalue weighted by atomic mass is 10.1. The molecule has 0 fully saturated rings. The number of allylic oxidation sites excluding steroid dienone is 4. The average molecular weight is 167 g/mol. The van der Waals surface area contributed by atoms with Crippen molar-refractivity contribution in [1.82, 2.24) is 5.32 Å². The van der Waals surface area contributed by atoms with E-state index >= 15 is 0 Å². The summed E-state index contributed by atoms with van der Waals surface area (Å²) in [7, 11) is 0. The van der Waals surface area contributed by atoms with Crippen molar-refractivity contribution in [3.63, 3.8) is 0 Å². The van der Waals surface area contributed by atoms with E-state index in [0.717, 1.165) is 13.0 Å². The molecule has 0 aliphatic carbocycles. The van der Waals surface area contributed by atoms with Crippen LogP contribution in [0.15, 0.2) is 22.9 Å². The summed E-state index contributed by atoms with van der Waals surface area (Å²) in [4.78, 5) is 0. The molecule has 1 N–H and O–H groups in total. The fourth-order valence-corrected chi connectivity index (χ4v) is 1.15. The van der Waals surface area contributed by atoms with Gasteiger partial charge in [0.15, 0.2) is 0 Å². The molecule has 0 radical (unpaired) electrons. The summed E-state index contributed by atoms with van der Waals surface area (Å²) in [5.74, 6) is 0. The number of hydrogen-bond acceptors (Lipinski definition) is 1. The molecule has 1 nitrogen and oxygen atoms in total. The molecule has 0 saturated carbocycles. The normalized spacial score (nSPS) is 14.2. The van der Waals surface area contributed by atoms with Crippen LogP contribution in [0, 0.1) is 0 Å². The number of hydrogen-bond donors (Lipinski definition) is 1. The van der Waals surface area contributed by atoms with Crippen LogP contribution in [-0.4, -0.2) is 6.54 Å². The predicted molar refractivity (Wildman–Crippen MR) is 56.1 cm³/mol. The lowest BCUT2D eigenvalue weighted by molar-refractivity contribution is 0.839. The minimum absolute atomic E-state index is 1.00. The highest BCUT2D eigenvalue weighted by Gasteiger charge is 1.96.